The van der Waals surface area contributed by atoms with Crippen LogP contribution in [0.2, 0.25) is 0 Å². The number of hydrogen-bond donors (Lipinski definition) is 6. The van der Waals surface area contributed by atoms with Crippen LogP contribution in [0.15, 0.2) is 0 Å². The summed E-state index contributed by atoms with van der Waals surface area (Å²) in [5.74, 6) is -2.93. The number of rotatable bonds is 13. The molecule has 0 heterocycles. The third-order valence-corrected chi connectivity index (χ3v) is 4.93. The molecule has 0 aliphatic carbocycles. The van der Waals surface area contributed by atoms with Crippen LogP contribution in [0.1, 0.15) is 33.6 Å². The Labute approximate surface area is 169 Å². The minimum absolute atomic E-state index is 0.199. The number of aliphatic carboxylic acids is 1. The number of aliphatic hydroxyl groups is 1. The summed E-state index contributed by atoms with van der Waals surface area (Å²) in [4.78, 5) is 48.0. The first-order valence-electron chi connectivity index (χ1n) is 9.08. The van der Waals surface area contributed by atoms with E-state index in [0.717, 1.165) is 0 Å². The van der Waals surface area contributed by atoms with Gasteiger partial charge in [-0.05, 0) is 31.3 Å². The molecule has 0 rings (SSSR count). The van der Waals surface area contributed by atoms with Gasteiger partial charge in [0.2, 0.25) is 17.7 Å². The number of carboxylic acid groups (broad SMARTS) is 1. The maximum absolute atomic E-state index is 12.6. The second-order valence-corrected chi connectivity index (χ2v) is 7.53. The lowest BCUT2D eigenvalue weighted by Gasteiger charge is -2.28. The van der Waals surface area contributed by atoms with Crippen LogP contribution in [-0.4, -0.2) is 76.7 Å². The zero-order chi connectivity index (χ0) is 21.9. The summed E-state index contributed by atoms with van der Waals surface area (Å²) < 4.78 is 0. The van der Waals surface area contributed by atoms with Gasteiger partial charge in [-0.15, -0.1) is 0 Å². The highest BCUT2D eigenvalue weighted by Gasteiger charge is 2.33. The molecule has 0 saturated heterocycles. The quantitative estimate of drug-likeness (QED) is 0.213. The van der Waals surface area contributed by atoms with E-state index in [1.165, 1.54) is 18.7 Å². The number of amides is 3. The van der Waals surface area contributed by atoms with E-state index in [1.54, 1.807) is 6.92 Å². The van der Waals surface area contributed by atoms with Gasteiger partial charge in [0.15, 0.2) is 0 Å². The third kappa shape index (κ3) is 8.89. The maximum Gasteiger partial charge on any atom is 0.326 e. The van der Waals surface area contributed by atoms with Crippen LogP contribution in [0, 0.1) is 5.92 Å². The second-order valence-electron chi connectivity index (χ2n) is 6.54. The van der Waals surface area contributed by atoms with Gasteiger partial charge in [-0.2, -0.15) is 11.8 Å². The number of hydrogen-bond acceptors (Lipinski definition) is 7. The lowest BCUT2D eigenvalue weighted by Crippen LogP contribution is -2.60. The minimum Gasteiger partial charge on any atom is -0.480 e. The molecule has 5 atom stereocenters. The molecule has 0 aliphatic rings. The van der Waals surface area contributed by atoms with Gasteiger partial charge in [-0.3, -0.25) is 14.4 Å². The lowest BCUT2D eigenvalue weighted by molar-refractivity contribution is -0.143. The van der Waals surface area contributed by atoms with Gasteiger partial charge in [-0.25, -0.2) is 4.79 Å². The van der Waals surface area contributed by atoms with Crippen molar-refractivity contribution in [1.29, 1.82) is 0 Å². The number of aliphatic hydroxyl groups excluding tert-OH is 1. The Morgan fingerprint density at radius 3 is 2.04 bits per heavy atom. The predicted molar refractivity (Wildman–Crippen MR) is 107 cm³/mol. The summed E-state index contributed by atoms with van der Waals surface area (Å²) in [6, 6.07) is -3.45. The summed E-state index contributed by atoms with van der Waals surface area (Å²) >= 11 is 1.43. The van der Waals surface area contributed by atoms with E-state index in [-0.39, 0.29) is 18.9 Å². The minimum atomic E-state index is -1.37. The Morgan fingerprint density at radius 2 is 1.61 bits per heavy atom. The number of carboxylic acids is 1. The van der Waals surface area contributed by atoms with Gasteiger partial charge in [-0.1, -0.05) is 20.3 Å². The number of nitrogens with one attached hydrogen (secondary N) is 3. The SMILES string of the molecule is CCC(C)C(NC(=O)CN)C(=O)NC(C(=O)NC(CCSC)C(=O)O)C(C)O. The molecule has 0 bridgehead atoms. The summed E-state index contributed by atoms with van der Waals surface area (Å²) in [7, 11) is 0. The van der Waals surface area contributed by atoms with Gasteiger partial charge in [0.25, 0.3) is 0 Å². The first-order valence-corrected chi connectivity index (χ1v) is 10.5. The third-order valence-electron chi connectivity index (χ3n) is 4.29. The van der Waals surface area contributed by atoms with Crippen LogP contribution < -0.4 is 21.7 Å². The smallest absolute Gasteiger partial charge is 0.326 e. The molecule has 5 unspecified atom stereocenters. The molecule has 7 N–H and O–H groups in total. The Balaban J connectivity index is 5.28. The van der Waals surface area contributed by atoms with Gasteiger partial charge < -0.3 is 31.9 Å². The topological polar surface area (TPSA) is 171 Å². The highest BCUT2D eigenvalue weighted by atomic mass is 32.2. The monoisotopic (exact) mass is 420 g/mol. The molecule has 0 fully saturated rings. The van der Waals surface area contributed by atoms with E-state index < -0.39 is 47.9 Å². The molecule has 0 radical (unpaired) electrons. The van der Waals surface area contributed by atoms with E-state index in [0.29, 0.717) is 12.2 Å². The van der Waals surface area contributed by atoms with Gasteiger partial charge in [0.1, 0.15) is 18.1 Å². The van der Waals surface area contributed by atoms with E-state index in [1.807, 2.05) is 13.2 Å². The molecule has 11 heteroatoms. The van der Waals surface area contributed by atoms with Gasteiger partial charge in [0.05, 0.1) is 12.6 Å². The van der Waals surface area contributed by atoms with Crippen molar-refractivity contribution in [3.8, 4) is 0 Å². The molecular weight excluding hydrogens is 388 g/mol. The molecule has 3 amide bonds. The fraction of sp³-hybridized carbons (Fsp3) is 0.765. The van der Waals surface area contributed by atoms with E-state index in [4.69, 9.17) is 5.73 Å². The van der Waals surface area contributed by atoms with E-state index in [2.05, 4.69) is 16.0 Å². The fourth-order valence-corrected chi connectivity index (χ4v) is 2.81. The Bertz CT molecular complexity index is 546. The number of thioether (sulfide) groups is 1. The molecule has 0 aromatic carbocycles. The number of carbonyl (C=O) groups is 4. The van der Waals surface area contributed by atoms with Crippen molar-refractivity contribution in [3.05, 3.63) is 0 Å². The van der Waals surface area contributed by atoms with Crippen molar-refractivity contribution < 1.29 is 29.4 Å². The highest BCUT2D eigenvalue weighted by Crippen LogP contribution is 2.09. The molecule has 162 valence electrons. The first-order chi connectivity index (χ1) is 13.1. The Hall–Kier alpha value is -1.85. The largest absolute Gasteiger partial charge is 0.480 e. The number of nitrogens with two attached hydrogens (primary N) is 1. The van der Waals surface area contributed by atoms with Crippen molar-refractivity contribution >= 4 is 35.5 Å². The number of carbonyl (C=O) groups excluding carboxylic acids is 3. The highest BCUT2D eigenvalue weighted by molar-refractivity contribution is 7.98. The molecule has 28 heavy (non-hydrogen) atoms. The standard InChI is InChI=1S/C17H32N4O6S/c1-5-9(2)13(20-12(23)8-18)15(24)21-14(10(3)22)16(25)19-11(17(26)27)6-7-28-4/h9-11,13-14,22H,5-8,18H2,1-4H3,(H,19,25)(H,20,23)(H,21,24)(H,26,27). The van der Waals surface area contributed by atoms with Crippen LogP contribution in [-0.2, 0) is 19.2 Å². The van der Waals surface area contributed by atoms with Crippen molar-refractivity contribution in [2.75, 3.05) is 18.6 Å². The normalized spacial score (nSPS) is 16.2. The fourth-order valence-electron chi connectivity index (χ4n) is 2.34. The average Bonchev–Trinajstić information content (AvgIpc) is 2.65. The van der Waals surface area contributed by atoms with Crippen molar-refractivity contribution in [3.63, 3.8) is 0 Å². The lowest BCUT2D eigenvalue weighted by atomic mass is 9.97. The van der Waals surface area contributed by atoms with Crippen LogP contribution in [0.4, 0.5) is 0 Å². The Kier molecular flexibility index (Phi) is 12.5. The molecule has 10 nitrogen and oxygen atoms in total. The first kappa shape index (κ1) is 26.1. The zero-order valence-corrected chi connectivity index (χ0v) is 17.5. The average molecular weight is 421 g/mol. The van der Waals surface area contributed by atoms with Crippen molar-refractivity contribution in [1.82, 2.24) is 16.0 Å². The van der Waals surface area contributed by atoms with Gasteiger partial charge in [0, 0.05) is 0 Å². The van der Waals surface area contributed by atoms with Gasteiger partial charge >= 0.3 is 5.97 Å². The van der Waals surface area contributed by atoms with Crippen LogP contribution >= 0.6 is 11.8 Å². The predicted octanol–water partition coefficient (Wildman–Crippen LogP) is -1.34. The van der Waals surface area contributed by atoms with E-state index >= 15 is 0 Å². The summed E-state index contributed by atoms with van der Waals surface area (Å²) in [5.41, 5.74) is 5.28. The van der Waals surface area contributed by atoms with Crippen LogP contribution in [0.5, 0.6) is 0 Å². The molecular formula is C17H32N4O6S. The van der Waals surface area contributed by atoms with Crippen molar-refractivity contribution in [2.45, 2.75) is 57.8 Å². The van der Waals surface area contributed by atoms with Crippen molar-refractivity contribution in [2.24, 2.45) is 11.7 Å². The molecule has 0 spiro atoms. The molecule has 0 aromatic heterocycles. The molecule has 0 aromatic rings. The molecule has 0 aliphatic heterocycles. The maximum atomic E-state index is 12.6. The summed E-state index contributed by atoms with van der Waals surface area (Å²) in [6.45, 7) is 4.60. The summed E-state index contributed by atoms with van der Waals surface area (Å²) in [6.07, 6.45) is 1.31. The van der Waals surface area contributed by atoms with Crippen LogP contribution in [0.3, 0.4) is 0 Å². The molecule has 0 saturated carbocycles. The second kappa shape index (κ2) is 13.3. The van der Waals surface area contributed by atoms with Crippen LogP contribution in [0.25, 0.3) is 0 Å². The Morgan fingerprint density at radius 1 is 1.04 bits per heavy atom. The zero-order valence-electron chi connectivity index (χ0n) is 16.7. The van der Waals surface area contributed by atoms with E-state index in [9.17, 15) is 29.4 Å². The summed E-state index contributed by atoms with van der Waals surface area (Å²) in [5, 5.41) is 26.4.